The predicted molar refractivity (Wildman–Crippen MR) is 88.3 cm³/mol. The highest BCUT2D eigenvalue weighted by Gasteiger charge is 2.07. The Balaban J connectivity index is 1.95. The summed E-state index contributed by atoms with van der Waals surface area (Å²) in [6.45, 7) is 3.42. The third-order valence-corrected chi connectivity index (χ3v) is 3.43. The van der Waals surface area contributed by atoms with Crippen LogP contribution >= 0.6 is 15.9 Å². The summed E-state index contributed by atoms with van der Waals surface area (Å²) in [5.41, 5.74) is 1.47. The van der Waals surface area contributed by atoms with Gasteiger partial charge in [0.1, 0.15) is 11.5 Å². The van der Waals surface area contributed by atoms with Crippen molar-refractivity contribution in [2.45, 2.75) is 19.9 Å². The third kappa shape index (κ3) is 4.86. The Morgan fingerprint density at radius 1 is 1.19 bits per heavy atom. The number of anilines is 1. The molecule has 0 atom stereocenters. The van der Waals surface area contributed by atoms with Gasteiger partial charge in [-0.2, -0.15) is 0 Å². The van der Waals surface area contributed by atoms with Crippen LogP contribution in [-0.4, -0.2) is 17.4 Å². The lowest BCUT2D eigenvalue weighted by Gasteiger charge is -2.07. The molecule has 0 aliphatic rings. The molecule has 0 saturated heterocycles. The Hall–Kier alpha value is -1.88. The molecule has 21 heavy (non-hydrogen) atoms. The van der Waals surface area contributed by atoms with E-state index in [4.69, 9.17) is 0 Å². The van der Waals surface area contributed by atoms with Crippen LogP contribution < -0.4 is 10.6 Å². The first kappa shape index (κ1) is 15.5. The van der Waals surface area contributed by atoms with Crippen molar-refractivity contribution in [1.82, 2.24) is 10.3 Å². The van der Waals surface area contributed by atoms with Gasteiger partial charge in [0.05, 0.1) is 0 Å². The number of hydrogen-bond donors (Lipinski definition) is 2. The fourth-order valence-electron chi connectivity index (χ4n) is 1.79. The van der Waals surface area contributed by atoms with Gasteiger partial charge in [-0.05, 0) is 36.2 Å². The largest absolute Gasteiger partial charge is 0.370 e. The van der Waals surface area contributed by atoms with Gasteiger partial charge in [-0.1, -0.05) is 41.1 Å². The summed E-state index contributed by atoms with van der Waals surface area (Å²) in [7, 11) is 0. The van der Waals surface area contributed by atoms with Gasteiger partial charge >= 0.3 is 0 Å². The Bertz CT molecular complexity index is 599. The number of hydrogen-bond acceptors (Lipinski definition) is 3. The first-order valence-corrected chi connectivity index (χ1v) is 7.72. The zero-order valence-electron chi connectivity index (χ0n) is 11.9. The molecule has 0 saturated carbocycles. The minimum absolute atomic E-state index is 0.168. The molecule has 5 heteroatoms. The first-order valence-electron chi connectivity index (χ1n) is 6.92. The van der Waals surface area contributed by atoms with Crippen molar-refractivity contribution in [1.29, 1.82) is 0 Å². The molecule has 0 bridgehead atoms. The average molecular weight is 348 g/mol. The smallest absolute Gasteiger partial charge is 0.270 e. The van der Waals surface area contributed by atoms with E-state index in [-0.39, 0.29) is 5.91 Å². The van der Waals surface area contributed by atoms with Gasteiger partial charge in [0.15, 0.2) is 0 Å². The van der Waals surface area contributed by atoms with Crippen LogP contribution in [0, 0.1) is 0 Å². The molecule has 0 aliphatic carbocycles. The van der Waals surface area contributed by atoms with E-state index >= 15 is 0 Å². The second kappa shape index (κ2) is 7.78. The molecular formula is C16H18BrN3O. The number of amides is 1. The maximum Gasteiger partial charge on any atom is 0.270 e. The first-order chi connectivity index (χ1) is 10.2. The molecule has 1 amide bonds. The van der Waals surface area contributed by atoms with E-state index in [0.29, 0.717) is 12.2 Å². The van der Waals surface area contributed by atoms with Crippen LogP contribution in [-0.2, 0) is 6.54 Å². The Morgan fingerprint density at radius 2 is 1.95 bits per heavy atom. The minimum atomic E-state index is -0.168. The molecule has 1 aromatic carbocycles. The van der Waals surface area contributed by atoms with Crippen molar-refractivity contribution in [2.24, 2.45) is 0 Å². The lowest BCUT2D eigenvalue weighted by molar-refractivity contribution is 0.0946. The van der Waals surface area contributed by atoms with Crippen LogP contribution in [0.25, 0.3) is 0 Å². The van der Waals surface area contributed by atoms with Crippen molar-refractivity contribution in [3.05, 3.63) is 58.2 Å². The third-order valence-electron chi connectivity index (χ3n) is 2.90. The number of aromatic nitrogens is 1. The number of pyridine rings is 1. The van der Waals surface area contributed by atoms with E-state index in [9.17, 15) is 4.79 Å². The van der Waals surface area contributed by atoms with Crippen molar-refractivity contribution >= 4 is 27.7 Å². The molecule has 2 N–H and O–H groups in total. The number of nitrogens with zero attached hydrogens (tertiary/aromatic N) is 1. The number of carbonyl (C=O) groups is 1. The van der Waals surface area contributed by atoms with E-state index in [2.05, 4.69) is 38.5 Å². The van der Waals surface area contributed by atoms with Crippen LogP contribution in [0.15, 0.2) is 46.9 Å². The highest BCUT2D eigenvalue weighted by Crippen LogP contribution is 2.10. The molecule has 0 unspecified atom stereocenters. The number of carbonyl (C=O) groups excluding carboxylic acids is 1. The Kier molecular flexibility index (Phi) is 5.75. The second-order valence-electron chi connectivity index (χ2n) is 4.64. The molecule has 1 heterocycles. The average Bonchev–Trinajstić information content (AvgIpc) is 2.52. The van der Waals surface area contributed by atoms with Gasteiger partial charge in [-0.15, -0.1) is 0 Å². The zero-order valence-corrected chi connectivity index (χ0v) is 13.5. The molecule has 2 aromatic rings. The van der Waals surface area contributed by atoms with Crippen molar-refractivity contribution in [3.63, 3.8) is 0 Å². The number of nitrogens with one attached hydrogen (secondary N) is 2. The Morgan fingerprint density at radius 3 is 2.67 bits per heavy atom. The van der Waals surface area contributed by atoms with Gasteiger partial charge in [0.25, 0.3) is 5.91 Å². The lowest BCUT2D eigenvalue weighted by atomic mass is 10.2. The topological polar surface area (TPSA) is 54.0 Å². The SMILES string of the molecule is CCCNc1cccc(C(=O)NCc2ccc(Br)cc2)n1. The number of halogens is 1. The summed E-state index contributed by atoms with van der Waals surface area (Å²) >= 11 is 3.39. The highest BCUT2D eigenvalue weighted by atomic mass is 79.9. The zero-order chi connectivity index (χ0) is 15.1. The van der Waals surface area contributed by atoms with E-state index in [1.807, 2.05) is 36.4 Å². The molecule has 2 rings (SSSR count). The summed E-state index contributed by atoms with van der Waals surface area (Å²) in [5.74, 6) is 0.561. The molecular weight excluding hydrogens is 330 g/mol. The van der Waals surface area contributed by atoms with Crippen LogP contribution in [0.2, 0.25) is 0 Å². The maximum atomic E-state index is 12.1. The normalized spacial score (nSPS) is 10.2. The van der Waals surface area contributed by atoms with Gasteiger partial charge in [-0.25, -0.2) is 4.98 Å². The van der Waals surface area contributed by atoms with Crippen LogP contribution in [0.1, 0.15) is 29.4 Å². The van der Waals surface area contributed by atoms with E-state index in [1.165, 1.54) is 0 Å². The monoisotopic (exact) mass is 347 g/mol. The number of benzene rings is 1. The fraction of sp³-hybridized carbons (Fsp3) is 0.250. The molecule has 110 valence electrons. The van der Waals surface area contributed by atoms with Crippen molar-refractivity contribution in [2.75, 3.05) is 11.9 Å². The summed E-state index contributed by atoms with van der Waals surface area (Å²) in [6.07, 6.45) is 1.02. The molecule has 4 nitrogen and oxygen atoms in total. The van der Waals surface area contributed by atoms with E-state index < -0.39 is 0 Å². The standard InChI is InChI=1S/C16H18BrN3O/c1-2-10-18-15-5-3-4-14(20-15)16(21)19-11-12-6-8-13(17)9-7-12/h3-9H,2,10-11H2,1H3,(H,18,20)(H,19,21). The maximum absolute atomic E-state index is 12.1. The summed E-state index contributed by atoms with van der Waals surface area (Å²) in [6, 6.07) is 13.3. The van der Waals surface area contributed by atoms with E-state index in [1.54, 1.807) is 6.07 Å². The summed E-state index contributed by atoms with van der Waals surface area (Å²) in [4.78, 5) is 16.4. The van der Waals surface area contributed by atoms with Gasteiger partial charge in [0.2, 0.25) is 0 Å². The van der Waals surface area contributed by atoms with Crippen molar-refractivity contribution in [3.8, 4) is 0 Å². The molecule has 0 spiro atoms. The Labute approximate surface area is 133 Å². The molecule has 0 aliphatic heterocycles. The van der Waals surface area contributed by atoms with Crippen LogP contribution in [0.5, 0.6) is 0 Å². The quantitative estimate of drug-likeness (QED) is 0.839. The van der Waals surface area contributed by atoms with Gasteiger partial charge in [0, 0.05) is 17.6 Å². The second-order valence-corrected chi connectivity index (χ2v) is 5.56. The fourth-order valence-corrected chi connectivity index (χ4v) is 2.05. The minimum Gasteiger partial charge on any atom is -0.370 e. The van der Waals surface area contributed by atoms with Gasteiger partial charge in [-0.3, -0.25) is 4.79 Å². The van der Waals surface area contributed by atoms with Gasteiger partial charge < -0.3 is 10.6 Å². The summed E-state index contributed by atoms with van der Waals surface area (Å²) in [5, 5.41) is 6.05. The highest BCUT2D eigenvalue weighted by molar-refractivity contribution is 9.10. The lowest BCUT2D eigenvalue weighted by Crippen LogP contribution is -2.24. The number of rotatable bonds is 6. The van der Waals surface area contributed by atoms with E-state index in [0.717, 1.165) is 28.8 Å². The van der Waals surface area contributed by atoms with Crippen molar-refractivity contribution < 1.29 is 4.79 Å². The molecule has 1 aromatic heterocycles. The van der Waals surface area contributed by atoms with Crippen LogP contribution in [0.4, 0.5) is 5.82 Å². The molecule has 0 radical (unpaired) electrons. The predicted octanol–water partition coefficient (Wildman–Crippen LogP) is 3.60. The molecule has 0 fully saturated rings. The summed E-state index contributed by atoms with van der Waals surface area (Å²) < 4.78 is 1.02. The van der Waals surface area contributed by atoms with Crippen LogP contribution in [0.3, 0.4) is 0 Å².